The van der Waals surface area contributed by atoms with Crippen molar-refractivity contribution >= 4 is 9.84 Å². The zero-order chi connectivity index (χ0) is 9.78. The molecule has 0 fully saturated rings. The third-order valence-electron chi connectivity index (χ3n) is 2.57. The molecule has 0 aliphatic carbocycles. The molecule has 0 aromatic heterocycles. The molecule has 0 heterocycles. The lowest BCUT2D eigenvalue weighted by Gasteiger charge is -2.17. The van der Waals surface area contributed by atoms with E-state index in [0.29, 0.717) is 17.6 Å². The SMILES string of the molecule is CCC(C)C(C)CS(=O)(=O)CC. The normalized spacial score (nSPS) is 17.3. The molecule has 0 bridgehead atoms. The van der Waals surface area contributed by atoms with Gasteiger partial charge in [0.2, 0.25) is 0 Å². The van der Waals surface area contributed by atoms with Crippen LogP contribution >= 0.6 is 0 Å². The van der Waals surface area contributed by atoms with E-state index in [1.807, 2.05) is 6.92 Å². The molecule has 12 heavy (non-hydrogen) atoms. The van der Waals surface area contributed by atoms with Crippen molar-refractivity contribution in [1.82, 2.24) is 0 Å². The highest BCUT2D eigenvalue weighted by atomic mass is 32.2. The smallest absolute Gasteiger partial charge is 0.150 e. The Kier molecular flexibility index (Phi) is 4.83. The van der Waals surface area contributed by atoms with Crippen molar-refractivity contribution in [3.63, 3.8) is 0 Å². The van der Waals surface area contributed by atoms with Gasteiger partial charge in [0.05, 0.1) is 5.75 Å². The molecule has 0 saturated carbocycles. The van der Waals surface area contributed by atoms with Gasteiger partial charge in [0, 0.05) is 5.75 Å². The number of rotatable bonds is 5. The number of hydrogen-bond acceptors (Lipinski definition) is 2. The average Bonchev–Trinajstić information content (AvgIpc) is 2.02. The fourth-order valence-corrected chi connectivity index (χ4v) is 2.45. The Balaban J connectivity index is 4.09. The van der Waals surface area contributed by atoms with Gasteiger partial charge in [-0.15, -0.1) is 0 Å². The molecule has 0 saturated heterocycles. The second-order valence-electron chi connectivity index (χ2n) is 3.56. The van der Waals surface area contributed by atoms with Gasteiger partial charge in [-0.05, 0) is 11.8 Å². The van der Waals surface area contributed by atoms with Crippen molar-refractivity contribution in [3.8, 4) is 0 Å². The van der Waals surface area contributed by atoms with Crippen molar-refractivity contribution in [2.24, 2.45) is 11.8 Å². The molecular formula is C9H20O2S. The van der Waals surface area contributed by atoms with Crippen molar-refractivity contribution in [1.29, 1.82) is 0 Å². The lowest BCUT2D eigenvalue weighted by atomic mass is 9.96. The van der Waals surface area contributed by atoms with Gasteiger partial charge in [0.15, 0.2) is 0 Å². The first-order chi connectivity index (χ1) is 5.43. The Labute approximate surface area is 76.3 Å². The van der Waals surface area contributed by atoms with Crippen LogP contribution in [0.1, 0.15) is 34.1 Å². The highest BCUT2D eigenvalue weighted by Crippen LogP contribution is 2.16. The Hall–Kier alpha value is -0.0500. The van der Waals surface area contributed by atoms with Crippen LogP contribution in [-0.4, -0.2) is 19.9 Å². The lowest BCUT2D eigenvalue weighted by Crippen LogP contribution is -2.20. The lowest BCUT2D eigenvalue weighted by molar-refractivity contribution is 0.406. The first-order valence-corrected chi connectivity index (χ1v) is 6.45. The summed E-state index contributed by atoms with van der Waals surface area (Å²) in [6.07, 6.45) is 1.06. The first kappa shape index (κ1) is 11.9. The molecule has 0 aromatic carbocycles. The minimum Gasteiger partial charge on any atom is -0.229 e. The highest BCUT2D eigenvalue weighted by molar-refractivity contribution is 7.91. The molecule has 2 unspecified atom stereocenters. The Bertz CT molecular complexity index is 207. The van der Waals surface area contributed by atoms with Gasteiger partial charge in [-0.1, -0.05) is 34.1 Å². The summed E-state index contributed by atoms with van der Waals surface area (Å²) >= 11 is 0. The van der Waals surface area contributed by atoms with Gasteiger partial charge in [-0.3, -0.25) is 0 Å². The van der Waals surface area contributed by atoms with Gasteiger partial charge >= 0.3 is 0 Å². The standard InChI is InChI=1S/C9H20O2S/c1-5-8(3)9(4)7-12(10,11)6-2/h8-9H,5-7H2,1-4H3. The minimum absolute atomic E-state index is 0.272. The van der Waals surface area contributed by atoms with Crippen LogP contribution in [0, 0.1) is 11.8 Å². The predicted molar refractivity (Wildman–Crippen MR) is 52.9 cm³/mol. The van der Waals surface area contributed by atoms with Crippen LogP contribution in [0.2, 0.25) is 0 Å². The van der Waals surface area contributed by atoms with Gasteiger partial charge in [-0.2, -0.15) is 0 Å². The summed E-state index contributed by atoms with van der Waals surface area (Å²) in [7, 11) is -2.77. The summed E-state index contributed by atoms with van der Waals surface area (Å²) in [5.41, 5.74) is 0. The summed E-state index contributed by atoms with van der Waals surface area (Å²) in [4.78, 5) is 0. The fourth-order valence-electron chi connectivity index (χ4n) is 1.09. The monoisotopic (exact) mass is 192 g/mol. The number of sulfone groups is 1. The topological polar surface area (TPSA) is 34.1 Å². The molecule has 0 spiro atoms. The molecular weight excluding hydrogens is 172 g/mol. The van der Waals surface area contributed by atoms with E-state index in [-0.39, 0.29) is 5.75 Å². The van der Waals surface area contributed by atoms with Gasteiger partial charge in [0.25, 0.3) is 0 Å². The largest absolute Gasteiger partial charge is 0.229 e. The van der Waals surface area contributed by atoms with E-state index in [1.54, 1.807) is 6.92 Å². The van der Waals surface area contributed by atoms with Gasteiger partial charge in [-0.25, -0.2) is 8.42 Å². The fraction of sp³-hybridized carbons (Fsp3) is 1.00. The molecule has 0 N–H and O–H groups in total. The molecule has 0 radical (unpaired) electrons. The predicted octanol–water partition coefficient (Wildman–Crippen LogP) is 2.10. The molecule has 0 rings (SSSR count). The van der Waals surface area contributed by atoms with Crippen molar-refractivity contribution in [2.75, 3.05) is 11.5 Å². The summed E-state index contributed by atoms with van der Waals surface area (Å²) in [5, 5.41) is 0. The van der Waals surface area contributed by atoms with Crippen LogP contribution in [0.4, 0.5) is 0 Å². The van der Waals surface area contributed by atoms with E-state index >= 15 is 0 Å². The quantitative estimate of drug-likeness (QED) is 0.668. The maximum absolute atomic E-state index is 11.2. The van der Waals surface area contributed by atoms with Crippen LogP contribution in [0.5, 0.6) is 0 Å². The van der Waals surface area contributed by atoms with E-state index in [1.165, 1.54) is 0 Å². The van der Waals surface area contributed by atoms with Crippen molar-refractivity contribution in [2.45, 2.75) is 34.1 Å². The molecule has 0 amide bonds. The number of hydrogen-bond donors (Lipinski definition) is 0. The van der Waals surface area contributed by atoms with Crippen LogP contribution < -0.4 is 0 Å². The maximum Gasteiger partial charge on any atom is 0.150 e. The molecule has 0 aliphatic heterocycles. The third kappa shape index (κ3) is 4.10. The molecule has 74 valence electrons. The van der Waals surface area contributed by atoms with E-state index in [0.717, 1.165) is 6.42 Å². The Morgan fingerprint density at radius 3 is 1.92 bits per heavy atom. The van der Waals surface area contributed by atoms with E-state index < -0.39 is 9.84 Å². The Morgan fingerprint density at radius 1 is 1.08 bits per heavy atom. The molecule has 2 atom stereocenters. The maximum atomic E-state index is 11.2. The summed E-state index contributed by atoms with van der Waals surface area (Å²) in [5.74, 6) is 1.41. The molecule has 3 heteroatoms. The van der Waals surface area contributed by atoms with Crippen LogP contribution in [-0.2, 0) is 9.84 Å². The zero-order valence-corrected chi connectivity index (χ0v) is 9.32. The van der Waals surface area contributed by atoms with E-state index in [2.05, 4.69) is 13.8 Å². The Morgan fingerprint density at radius 2 is 1.58 bits per heavy atom. The zero-order valence-electron chi connectivity index (χ0n) is 8.50. The van der Waals surface area contributed by atoms with Gasteiger partial charge < -0.3 is 0 Å². The summed E-state index contributed by atoms with van der Waals surface area (Å²) < 4.78 is 22.5. The third-order valence-corrected chi connectivity index (χ3v) is 4.49. The first-order valence-electron chi connectivity index (χ1n) is 4.63. The molecule has 2 nitrogen and oxygen atoms in total. The minimum atomic E-state index is -2.77. The summed E-state index contributed by atoms with van der Waals surface area (Å²) in [6, 6.07) is 0. The average molecular weight is 192 g/mol. The van der Waals surface area contributed by atoms with Crippen molar-refractivity contribution < 1.29 is 8.42 Å². The molecule has 0 aliphatic rings. The highest BCUT2D eigenvalue weighted by Gasteiger charge is 2.17. The second-order valence-corrected chi connectivity index (χ2v) is 5.96. The summed E-state index contributed by atoms with van der Waals surface area (Å²) in [6.45, 7) is 7.93. The van der Waals surface area contributed by atoms with Gasteiger partial charge in [0.1, 0.15) is 9.84 Å². The van der Waals surface area contributed by atoms with Crippen molar-refractivity contribution in [3.05, 3.63) is 0 Å². The van der Waals surface area contributed by atoms with E-state index in [4.69, 9.17) is 0 Å². The molecule has 0 aromatic rings. The second kappa shape index (κ2) is 4.85. The van der Waals surface area contributed by atoms with Crippen LogP contribution in [0.15, 0.2) is 0 Å². The van der Waals surface area contributed by atoms with Crippen LogP contribution in [0.3, 0.4) is 0 Å². The van der Waals surface area contributed by atoms with E-state index in [9.17, 15) is 8.42 Å². The van der Waals surface area contributed by atoms with Crippen LogP contribution in [0.25, 0.3) is 0 Å².